The Kier molecular flexibility index (Phi) is 3.78. The third-order valence-electron chi connectivity index (χ3n) is 3.18. The zero-order chi connectivity index (χ0) is 15.4. The summed E-state index contributed by atoms with van der Waals surface area (Å²) in [4.78, 5) is 12.4. The Morgan fingerprint density at radius 2 is 1.77 bits per heavy atom. The lowest BCUT2D eigenvalue weighted by molar-refractivity contribution is 0.0942. The number of carbonyl (C=O) groups is 1. The lowest BCUT2D eigenvalue weighted by atomic mass is 10.1. The standard InChI is InChI=1S/C17H15N3O2/c1-13(16-9-6-12-22-16)18-19-17(21)14-7-2-3-8-15(14)20-10-4-5-11-20/h2-12,18H,1H2,(H,19,21). The summed E-state index contributed by atoms with van der Waals surface area (Å²) in [6.07, 6.45) is 5.33. The van der Waals surface area contributed by atoms with Gasteiger partial charge in [-0.15, -0.1) is 0 Å². The van der Waals surface area contributed by atoms with E-state index in [0.717, 1.165) is 5.69 Å². The van der Waals surface area contributed by atoms with Crippen molar-refractivity contribution < 1.29 is 9.21 Å². The number of carbonyl (C=O) groups excluding carboxylic acids is 1. The zero-order valence-corrected chi connectivity index (χ0v) is 11.8. The van der Waals surface area contributed by atoms with Gasteiger partial charge in [-0.3, -0.25) is 15.6 Å². The van der Waals surface area contributed by atoms with Crippen LogP contribution in [0, 0.1) is 0 Å². The van der Waals surface area contributed by atoms with E-state index in [1.54, 1.807) is 24.5 Å². The lowest BCUT2D eigenvalue weighted by Crippen LogP contribution is -2.36. The fourth-order valence-electron chi connectivity index (χ4n) is 2.10. The van der Waals surface area contributed by atoms with E-state index in [1.165, 1.54) is 0 Å². The first-order chi connectivity index (χ1) is 10.8. The van der Waals surface area contributed by atoms with Crippen LogP contribution in [0.5, 0.6) is 0 Å². The van der Waals surface area contributed by atoms with E-state index in [0.29, 0.717) is 17.0 Å². The number of para-hydroxylation sites is 1. The number of hydrazine groups is 1. The third kappa shape index (κ3) is 2.78. The molecule has 0 saturated carbocycles. The monoisotopic (exact) mass is 293 g/mol. The van der Waals surface area contributed by atoms with E-state index in [9.17, 15) is 4.79 Å². The number of benzene rings is 1. The minimum absolute atomic E-state index is 0.253. The summed E-state index contributed by atoms with van der Waals surface area (Å²) in [5.74, 6) is 0.316. The van der Waals surface area contributed by atoms with Crippen molar-refractivity contribution in [2.75, 3.05) is 0 Å². The van der Waals surface area contributed by atoms with E-state index in [1.807, 2.05) is 47.3 Å². The van der Waals surface area contributed by atoms with Crippen LogP contribution in [0.25, 0.3) is 11.4 Å². The van der Waals surface area contributed by atoms with Crippen LogP contribution < -0.4 is 10.9 Å². The zero-order valence-electron chi connectivity index (χ0n) is 11.8. The second-order valence-electron chi connectivity index (χ2n) is 4.64. The summed E-state index contributed by atoms with van der Waals surface area (Å²) in [6.45, 7) is 3.81. The van der Waals surface area contributed by atoms with Crippen LogP contribution in [0.4, 0.5) is 0 Å². The fourth-order valence-corrected chi connectivity index (χ4v) is 2.10. The highest BCUT2D eigenvalue weighted by Crippen LogP contribution is 2.15. The second-order valence-corrected chi connectivity index (χ2v) is 4.64. The van der Waals surface area contributed by atoms with Crippen LogP contribution >= 0.6 is 0 Å². The van der Waals surface area contributed by atoms with Crippen molar-refractivity contribution in [3.8, 4) is 5.69 Å². The number of nitrogens with zero attached hydrogens (tertiary/aromatic N) is 1. The van der Waals surface area contributed by atoms with Gasteiger partial charge in [-0.05, 0) is 36.4 Å². The lowest BCUT2D eigenvalue weighted by Gasteiger charge is -2.12. The van der Waals surface area contributed by atoms with Crippen molar-refractivity contribution in [2.45, 2.75) is 0 Å². The summed E-state index contributed by atoms with van der Waals surface area (Å²) in [7, 11) is 0. The number of amides is 1. The molecule has 1 aromatic carbocycles. The predicted octanol–water partition coefficient (Wildman–Crippen LogP) is 2.98. The van der Waals surface area contributed by atoms with Gasteiger partial charge >= 0.3 is 0 Å². The van der Waals surface area contributed by atoms with E-state index in [2.05, 4.69) is 17.4 Å². The molecule has 1 amide bonds. The summed E-state index contributed by atoms with van der Waals surface area (Å²) in [6, 6.07) is 14.7. The van der Waals surface area contributed by atoms with Crippen LogP contribution in [-0.2, 0) is 0 Å². The Morgan fingerprint density at radius 3 is 2.50 bits per heavy atom. The van der Waals surface area contributed by atoms with Crippen molar-refractivity contribution in [1.29, 1.82) is 0 Å². The van der Waals surface area contributed by atoms with Gasteiger partial charge < -0.3 is 8.98 Å². The molecule has 0 bridgehead atoms. The van der Waals surface area contributed by atoms with Crippen molar-refractivity contribution in [3.05, 3.63) is 85.1 Å². The first kappa shape index (κ1) is 13.8. The summed E-state index contributed by atoms with van der Waals surface area (Å²) >= 11 is 0. The van der Waals surface area contributed by atoms with Crippen molar-refractivity contribution in [3.63, 3.8) is 0 Å². The number of hydrogen-bond donors (Lipinski definition) is 2. The van der Waals surface area contributed by atoms with E-state index >= 15 is 0 Å². The predicted molar refractivity (Wildman–Crippen MR) is 84.1 cm³/mol. The molecule has 0 aliphatic carbocycles. The molecule has 0 unspecified atom stereocenters. The summed E-state index contributed by atoms with van der Waals surface area (Å²) in [5, 5.41) is 0. The minimum atomic E-state index is -0.253. The normalized spacial score (nSPS) is 10.2. The van der Waals surface area contributed by atoms with Crippen LogP contribution in [0.15, 0.2) is 78.2 Å². The number of hydrogen-bond acceptors (Lipinski definition) is 3. The molecule has 5 nitrogen and oxygen atoms in total. The van der Waals surface area contributed by atoms with Crippen molar-refractivity contribution >= 4 is 11.6 Å². The Labute approximate surface area is 127 Å². The Bertz CT molecular complexity index is 774. The summed E-state index contributed by atoms with van der Waals surface area (Å²) < 4.78 is 7.08. The van der Waals surface area contributed by atoms with E-state index < -0.39 is 0 Å². The van der Waals surface area contributed by atoms with E-state index in [4.69, 9.17) is 4.42 Å². The summed E-state index contributed by atoms with van der Waals surface area (Å²) in [5.41, 5.74) is 7.22. The maximum absolute atomic E-state index is 12.4. The SMILES string of the molecule is C=C(NNC(=O)c1ccccc1-n1cccc1)c1ccco1. The molecule has 110 valence electrons. The molecule has 0 aliphatic rings. The number of aromatic nitrogens is 1. The molecule has 0 aliphatic heterocycles. The molecular weight excluding hydrogens is 278 g/mol. The van der Waals surface area contributed by atoms with Gasteiger partial charge in [0.05, 0.1) is 23.2 Å². The number of furan rings is 1. The molecule has 3 rings (SSSR count). The van der Waals surface area contributed by atoms with Gasteiger partial charge in [-0.1, -0.05) is 18.7 Å². The first-order valence-electron chi connectivity index (χ1n) is 6.77. The Morgan fingerprint density at radius 1 is 1.00 bits per heavy atom. The number of nitrogens with one attached hydrogen (secondary N) is 2. The number of rotatable bonds is 5. The molecule has 2 aromatic heterocycles. The average Bonchev–Trinajstić information content (AvgIpc) is 3.24. The van der Waals surface area contributed by atoms with Crippen molar-refractivity contribution in [2.24, 2.45) is 0 Å². The van der Waals surface area contributed by atoms with Crippen LogP contribution in [0.2, 0.25) is 0 Å². The molecule has 0 saturated heterocycles. The molecule has 0 spiro atoms. The van der Waals surface area contributed by atoms with Crippen LogP contribution in [-0.4, -0.2) is 10.5 Å². The maximum Gasteiger partial charge on any atom is 0.271 e. The molecular formula is C17H15N3O2. The molecule has 0 atom stereocenters. The maximum atomic E-state index is 12.4. The minimum Gasteiger partial charge on any atom is -0.463 e. The highest BCUT2D eigenvalue weighted by molar-refractivity contribution is 5.97. The van der Waals surface area contributed by atoms with Gasteiger partial charge in [-0.25, -0.2) is 0 Å². The molecule has 2 heterocycles. The highest BCUT2D eigenvalue weighted by Gasteiger charge is 2.12. The molecule has 0 fully saturated rings. The molecule has 2 N–H and O–H groups in total. The molecule has 0 radical (unpaired) electrons. The van der Waals surface area contributed by atoms with Crippen LogP contribution in [0.3, 0.4) is 0 Å². The molecule has 22 heavy (non-hydrogen) atoms. The largest absolute Gasteiger partial charge is 0.463 e. The van der Waals surface area contributed by atoms with Gasteiger partial charge in [0.15, 0.2) is 5.76 Å². The van der Waals surface area contributed by atoms with Gasteiger partial charge in [-0.2, -0.15) is 0 Å². The Balaban J connectivity index is 1.74. The van der Waals surface area contributed by atoms with Gasteiger partial charge in [0, 0.05) is 12.4 Å². The Hall–Kier alpha value is -3.21. The smallest absolute Gasteiger partial charge is 0.271 e. The average molecular weight is 293 g/mol. The van der Waals surface area contributed by atoms with Gasteiger partial charge in [0.25, 0.3) is 5.91 Å². The molecule has 5 heteroatoms. The molecule has 3 aromatic rings. The van der Waals surface area contributed by atoms with Gasteiger partial charge in [0.1, 0.15) is 0 Å². The fraction of sp³-hybridized carbons (Fsp3) is 0. The van der Waals surface area contributed by atoms with E-state index in [-0.39, 0.29) is 5.91 Å². The third-order valence-corrected chi connectivity index (χ3v) is 3.18. The van der Waals surface area contributed by atoms with Crippen molar-refractivity contribution in [1.82, 2.24) is 15.4 Å². The highest BCUT2D eigenvalue weighted by atomic mass is 16.3. The van der Waals surface area contributed by atoms with Gasteiger partial charge in [0.2, 0.25) is 0 Å². The van der Waals surface area contributed by atoms with Crippen LogP contribution in [0.1, 0.15) is 16.1 Å². The second kappa shape index (κ2) is 6.05. The topological polar surface area (TPSA) is 59.2 Å². The first-order valence-corrected chi connectivity index (χ1v) is 6.77. The quantitative estimate of drug-likeness (QED) is 0.711.